The van der Waals surface area contributed by atoms with Crippen molar-refractivity contribution in [2.24, 2.45) is 0 Å². The number of hydrogen-bond donors (Lipinski definition) is 1. The van der Waals surface area contributed by atoms with Crippen LogP contribution in [0.2, 0.25) is 0 Å². The van der Waals surface area contributed by atoms with Crippen molar-refractivity contribution in [3.63, 3.8) is 0 Å². The summed E-state index contributed by atoms with van der Waals surface area (Å²) in [5, 5.41) is 1.63. The molecule has 27 heavy (non-hydrogen) atoms. The standard InChI is InChI=1S/C22H19NO4/c1-25-14-9-7-13(8-10-14)18-12-11-17-19(22(24)26-2)20(23)15-5-3-4-6-16(15)21(17)27-18/h3-12,18H,23H2,1-2H3. The van der Waals surface area contributed by atoms with E-state index >= 15 is 0 Å². The molecule has 5 nitrogen and oxygen atoms in total. The van der Waals surface area contributed by atoms with E-state index in [-0.39, 0.29) is 6.10 Å². The lowest BCUT2D eigenvalue weighted by molar-refractivity contribution is 0.0601. The molecule has 0 fully saturated rings. The molecular weight excluding hydrogens is 342 g/mol. The van der Waals surface area contributed by atoms with Crippen LogP contribution in [0.4, 0.5) is 5.69 Å². The first-order valence-corrected chi connectivity index (χ1v) is 8.55. The Kier molecular flexibility index (Phi) is 4.20. The zero-order valence-electron chi connectivity index (χ0n) is 15.1. The molecule has 0 bridgehead atoms. The Labute approximate surface area is 157 Å². The van der Waals surface area contributed by atoms with Crippen molar-refractivity contribution in [1.29, 1.82) is 0 Å². The fraction of sp³-hybridized carbons (Fsp3) is 0.136. The van der Waals surface area contributed by atoms with Gasteiger partial charge < -0.3 is 19.9 Å². The van der Waals surface area contributed by atoms with Gasteiger partial charge in [-0.15, -0.1) is 0 Å². The maximum atomic E-state index is 12.4. The molecule has 3 aromatic rings. The van der Waals surface area contributed by atoms with Crippen molar-refractivity contribution >= 4 is 28.5 Å². The summed E-state index contributed by atoms with van der Waals surface area (Å²) in [6.07, 6.45) is 3.51. The second-order valence-corrected chi connectivity index (χ2v) is 6.24. The van der Waals surface area contributed by atoms with Gasteiger partial charge in [0, 0.05) is 16.3 Å². The highest BCUT2D eigenvalue weighted by Crippen LogP contribution is 2.43. The number of hydrogen-bond acceptors (Lipinski definition) is 5. The highest BCUT2D eigenvalue weighted by molar-refractivity contribution is 6.12. The summed E-state index contributed by atoms with van der Waals surface area (Å²) >= 11 is 0. The van der Waals surface area contributed by atoms with E-state index < -0.39 is 5.97 Å². The molecule has 1 unspecified atom stereocenters. The van der Waals surface area contributed by atoms with Crippen molar-refractivity contribution < 1.29 is 19.0 Å². The number of anilines is 1. The minimum atomic E-state index is -0.481. The van der Waals surface area contributed by atoms with Gasteiger partial charge in [0.1, 0.15) is 17.6 Å². The molecule has 0 radical (unpaired) electrons. The number of benzene rings is 3. The Balaban J connectivity index is 1.87. The molecule has 2 N–H and O–H groups in total. The first-order valence-electron chi connectivity index (χ1n) is 8.55. The first-order chi connectivity index (χ1) is 13.1. The maximum absolute atomic E-state index is 12.4. The lowest BCUT2D eigenvalue weighted by Gasteiger charge is -2.26. The van der Waals surface area contributed by atoms with E-state index in [1.165, 1.54) is 7.11 Å². The average Bonchev–Trinajstić information content (AvgIpc) is 2.73. The van der Waals surface area contributed by atoms with Crippen LogP contribution in [0.5, 0.6) is 11.5 Å². The summed E-state index contributed by atoms with van der Waals surface area (Å²) in [7, 11) is 2.98. The number of methoxy groups -OCH3 is 2. The number of carbonyl (C=O) groups excluding carboxylic acids is 1. The lowest BCUT2D eigenvalue weighted by Crippen LogP contribution is -2.15. The molecule has 0 saturated carbocycles. The van der Waals surface area contributed by atoms with E-state index in [4.69, 9.17) is 19.9 Å². The van der Waals surface area contributed by atoms with Gasteiger partial charge in [-0.3, -0.25) is 0 Å². The van der Waals surface area contributed by atoms with Crippen LogP contribution in [-0.4, -0.2) is 20.2 Å². The molecule has 4 rings (SSSR count). The molecule has 3 aromatic carbocycles. The summed E-state index contributed by atoms with van der Waals surface area (Å²) in [4.78, 5) is 12.4. The van der Waals surface area contributed by atoms with E-state index in [1.807, 2.05) is 60.7 Å². The fourth-order valence-corrected chi connectivity index (χ4v) is 3.38. The third-order valence-corrected chi connectivity index (χ3v) is 4.76. The Morgan fingerprint density at radius 3 is 2.41 bits per heavy atom. The Morgan fingerprint density at radius 2 is 1.74 bits per heavy atom. The number of fused-ring (bicyclic) bond motifs is 3. The number of esters is 1. The molecule has 0 saturated heterocycles. The molecule has 1 aliphatic heterocycles. The largest absolute Gasteiger partial charge is 0.497 e. The quantitative estimate of drug-likeness (QED) is 0.554. The molecule has 0 aromatic heterocycles. The zero-order valence-corrected chi connectivity index (χ0v) is 15.1. The molecule has 1 aliphatic rings. The number of nitrogen functional groups attached to an aromatic ring is 1. The fourth-order valence-electron chi connectivity index (χ4n) is 3.38. The van der Waals surface area contributed by atoms with Crippen molar-refractivity contribution in [3.8, 4) is 11.5 Å². The third-order valence-electron chi connectivity index (χ3n) is 4.76. The number of nitrogens with two attached hydrogens (primary N) is 1. The summed E-state index contributed by atoms with van der Waals surface area (Å²) in [6, 6.07) is 15.3. The number of rotatable bonds is 3. The Bertz CT molecular complexity index is 1050. The monoisotopic (exact) mass is 361 g/mol. The van der Waals surface area contributed by atoms with Crippen LogP contribution in [-0.2, 0) is 4.74 Å². The van der Waals surface area contributed by atoms with E-state index in [2.05, 4.69) is 0 Å². The predicted molar refractivity (Wildman–Crippen MR) is 105 cm³/mol. The summed E-state index contributed by atoms with van der Waals surface area (Å²) < 4.78 is 16.5. The average molecular weight is 361 g/mol. The SMILES string of the molecule is COC(=O)c1c2c(c3ccccc3c1N)OC(c1ccc(OC)cc1)C=C2. The Hall–Kier alpha value is -3.47. The summed E-state index contributed by atoms with van der Waals surface area (Å²) in [5.41, 5.74) is 8.64. The van der Waals surface area contributed by atoms with Crippen molar-refractivity contribution in [2.75, 3.05) is 20.0 Å². The number of ether oxygens (including phenoxy) is 3. The number of carbonyl (C=O) groups is 1. The van der Waals surface area contributed by atoms with Crippen LogP contribution in [0.15, 0.2) is 54.6 Å². The Morgan fingerprint density at radius 1 is 1.04 bits per heavy atom. The molecule has 0 spiro atoms. The van der Waals surface area contributed by atoms with Gasteiger partial charge in [0.2, 0.25) is 0 Å². The first kappa shape index (κ1) is 17.0. The smallest absolute Gasteiger partial charge is 0.340 e. The second kappa shape index (κ2) is 6.68. The van der Waals surface area contributed by atoms with E-state index in [0.717, 1.165) is 22.1 Å². The van der Waals surface area contributed by atoms with Crippen LogP contribution >= 0.6 is 0 Å². The normalized spacial score (nSPS) is 15.1. The third kappa shape index (κ3) is 2.77. The van der Waals surface area contributed by atoms with Gasteiger partial charge in [0.05, 0.1) is 25.5 Å². The van der Waals surface area contributed by atoms with Crippen LogP contribution < -0.4 is 15.2 Å². The minimum absolute atomic E-state index is 0.277. The molecular formula is C22H19NO4. The van der Waals surface area contributed by atoms with Crippen LogP contribution in [0.3, 0.4) is 0 Å². The molecule has 136 valence electrons. The molecule has 1 heterocycles. The van der Waals surface area contributed by atoms with Gasteiger partial charge >= 0.3 is 5.97 Å². The summed E-state index contributed by atoms with van der Waals surface area (Å²) in [5.74, 6) is 0.930. The molecule has 1 atom stereocenters. The van der Waals surface area contributed by atoms with E-state index in [1.54, 1.807) is 7.11 Å². The topological polar surface area (TPSA) is 70.8 Å². The zero-order chi connectivity index (χ0) is 19.0. The summed E-state index contributed by atoms with van der Waals surface area (Å²) in [6.45, 7) is 0. The van der Waals surface area contributed by atoms with Gasteiger partial charge in [-0.2, -0.15) is 0 Å². The van der Waals surface area contributed by atoms with Gasteiger partial charge in [-0.05, 0) is 23.8 Å². The second-order valence-electron chi connectivity index (χ2n) is 6.24. The highest BCUT2D eigenvalue weighted by Gasteiger charge is 2.27. The van der Waals surface area contributed by atoms with Crippen molar-refractivity contribution in [3.05, 3.63) is 71.3 Å². The molecule has 0 amide bonds. The minimum Gasteiger partial charge on any atom is -0.497 e. The maximum Gasteiger partial charge on any atom is 0.340 e. The van der Waals surface area contributed by atoms with Gasteiger partial charge in [0.25, 0.3) is 0 Å². The molecule has 5 heteroatoms. The van der Waals surface area contributed by atoms with Gasteiger partial charge in [-0.1, -0.05) is 42.5 Å². The van der Waals surface area contributed by atoms with Gasteiger partial charge in [-0.25, -0.2) is 4.79 Å². The van der Waals surface area contributed by atoms with Crippen molar-refractivity contribution in [1.82, 2.24) is 0 Å². The van der Waals surface area contributed by atoms with Crippen LogP contribution in [0.25, 0.3) is 16.8 Å². The van der Waals surface area contributed by atoms with Crippen LogP contribution in [0, 0.1) is 0 Å². The van der Waals surface area contributed by atoms with Gasteiger partial charge in [0.15, 0.2) is 0 Å². The lowest BCUT2D eigenvalue weighted by atomic mass is 9.94. The predicted octanol–water partition coefficient (Wildman–Crippen LogP) is 4.36. The highest BCUT2D eigenvalue weighted by atomic mass is 16.5. The van der Waals surface area contributed by atoms with Crippen molar-refractivity contribution in [2.45, 2.75) is 6.10 Å². The molecule has 0 aliphatic carbocycles. The van der Waals surface area contributed by atoms with E-state index in [0.29, 0.717) is 22.6 Å². The van der Waals surface area contributed by atoms with E-state index in [9.17, 15) is 4.79 Å². The van der Waals surface area contributed by atoms with Crippen LogP contribution in [0.1, 0.15) is 27.6 Å².